The molecular formula is C14H14ClFINS. The predicted octanol–water partition coefficient (Wildman–Crippen LogP) is 5.04. The van der Waals surface area contributed by atoms with Crippen molar-refractivity contribution in [2.24, 2.45) is 0 Å². The topological polar surface area (TPSA) is 12.0 Å². The smallest absolute Gasteiger partial charge is 0.124 e. The van der Waals surface area contributed by atoms with Crippen LogP contribution in [-0.2, 0) is 6.42 Å². The van der Waals surface area contributed by atoms with Crippen LogP contribution in [-0.4, -0.2) is 6.54 Å². The summed E-state index contributed by atoms with van der Waals surface area (Å²) in [6, 6.07) is 6.99. The fourth-order valence-corrected chi connectivity index (χ4v) is 3.64. The molecule has 0 radical (unpaired) electrons. The summed E-state index contributed by atoms with van der Waals surface area (Å²) >= 11 is 10.1. The maximum Gasteiger partial charge on any atom is 0.124 e. The maximum absolute atomic E-state index is 13.1. The van der Waals surface area contributed by atoms with Crippen LogP contribution in [0.25, 0.3) is 0 Å². The highest BCUT2D eigenvalue weighted by Crippen LogP contribution is 2.27. The summed E-state index contributed by atoms with van der Waals surface area (Å²) in [5.41, 5.74) is 2.23. The predicted molar refractivity (Wildman–Crippen MR) is 88.6 cm³/mol. The Bertz CT molecular complexity index is 558. The molecule has 1 atom stereocenters. The Hall–Kier alpha value is -0.170. The average Bonchev–Trinajstić information content (AvgIpc) is 2.78. The number of thiophene rings is 1. The number of hydrogen-bond acceptors (Lipinski definition) is 2. The van der Waals surface area contributed by atoms with Gasteiger partial charge in [0.2, 0.25) is 0 Å². The second kappa shape index (κ2) is 7.02. The van der Waals surface area contributed by atoms with Gasteiger partial charge >= 0.3 is 0 Å². The Morgan fingerprint density at radius 1 is 1.42 bits per heavy atom. The summed E-state index contributed by atoms with van der Waals surface area (Å²) in [6.07, 6.45) is 0.764. The van der Waals surface area contributed by atoms with Gasteiger partial charge in [-0.25, -0.2) is 4.39 Å². The van der Waals surface area contributed by atoms with Gasteiger partial charge in [-0.15, -0.1) is 11.3 Å². The van der Waals surface area contributed by atoms with Crippen molar-refractivity contribution < 1.29 is 4.39 Å². The van der Waals surface area contributed by atoms with E-state index < -0.39 is 0 Å². The van der Waals surface area contributed by atoms with Gasteiger partial charge in [0.1, 0.15) is 5.82 Å². The van der Waals surface area contributed by atoms with Crippen LogP contribution in [0, 0.1) is 8.70 Å². The summed E-state index contributed by atoms with van der Waals surface area (Å²) in [5.74, 6) is -0.293. The van der Waals surface area contributed by atoms with E-state index in [1.807, 2.05) is 0 Å². The minimum Gasteiger partial charge on any atom is -0.310 e. The zero-order valence-electron chi connectivity index (χ0n) is 10.4. The minimum atomic E-state index is -0.293. The van der Waals surface area contributed by atoms with E-state index in [0.29, 0.717) is 5.02 Å². The van der Waals surface area contributed by atoms with Gasteiger partial charge in [-0.1, -0.05) is 24.6 Å². The first-order valence-electron chi connectivity index (χ1n) is 6.01. The van der Waals surface area contributed by atoms with E-state index in [1.54, 1.807) is 17.4 Å². The number of nitrogens with one attached hydrogen (secondary N) is 1. The van der Waals surface area contributed by atoms with Crippen molar-refractivity contribution in [1.29, 1.82) is 0 Å². The Morgan fingerprint density at radius 3 is 2.79 bits per heavy atom. The van der Waals surface area contributed by atoms with E-state index in [1.165, 1.54) is 20.6 Å². The molecule has 1 heterocycles. The molecule has 0 aliphatic heterocycles. The second-order valence-corrected chi connectivity index (χ2v) is 7.45. The Morgan fingerprint density at radius 2 is 2.21 bits per heavy atom. The van der Waals surface area contributed by atoms with Gasteiger partial charge in [0.15, 0.2) is 0 Å². The highest BCUT2D eigenvalue weighted by Gasteiger charge is 2.14. The van der Waals surface area contributed by atoms with Crippen LogP contribution < -0.4 is 5.32 Å². The lowest BCUT2D eigenvalue weighted by atomic mass is 10.0. The minimum absolute atomic E-state index is 0.215. The molecule has 0 bridgehead atoms. The first kappa shape index (κ1) is 15.2. The molecule has 0 aliphatic rings. The van der Waals surface area contributed by atoms with E-state index in [-0.39, 0.29) is 11.9 Å². The standard InChI is InChI=1S/C14H14ClFINS/c1-2-18-13(10-6-14(17)19-8-10)5-9-3-4-11(16)7-12(9)15/h3-4,6-8,13,18H,2,5H2,1H3. The van der Waals surface area contributed by atoms with E-state index in [2.05, 4.69) is 46.3 Å². The molecular weight excluding hydrogens is 396 g/mol. The fourth-order valence-electron chi connectivity index (χ4n) is 1.97. The van der Waals surface area contributed by atoms with Crippen molar-refractivity contribution in [3.63, 3.8) is 0 Å². The molecule has 1 N–H and O–H groups in total. The molecule has 0 spiro atoms. The van der Waals surface area contributed by atoms with Crippen LogP contribution in [0.15, 0.2) is 29.6 Å². The monoisotopic (exact) mass is 409 g/mol. The quantitative estimate of drug-likeness (QED) is 0.682. The second-order valence-electron chi connectivity index (χ2n) is 4.23. The van der Waals surface area contributed by atoms with Crippen LogP contribution in [0.5, 0.6) is 0 Å². The molecule has 2 rings (SSSR count). The molecule has 19 heavy (non-hydrogen) atoms. The maximum atomic E-state index is 13.1. The van der Waals surface area contributed by atoms with Crippen LogP contribution in [0.1, 0.15) is 24.1 Å². The van der Waals surface area contributed by atoms with Crippen molar-refractivity contribution in [2.75, 3.05) is 6.54 Å². The number of rotatable bonds is 5. The fraction of sp³-hybridized carbons (Fsp3) is 0.286. The van der Waals surface area contributed by atoms with Crippen molar-refractivity contribution in [3.8, 4) is 0 Å². The van der Waals surface area contributed by atoms with Crippen LogP contribution in [0.4, 0.5) is 4.39 Å². The van der Waals surface area contributed by atoms with E-state index in [0.717, 1.165) is 18.5 Å². The zero-order chi connectivity index (χ0) is 13.8. The van der Waals surface area contributed by atoms with Gasteiger partial charge in [0.05, 0.1) is 2.88 Å². The highest BCUT2D eigenvalue weighted by molar-refractivity contribution is 14.1. The molecule has 0 amide bonds. The number of hydrogen-bond donors (Lipinski definition) is 1. The summed E-state index contributed by atoms with van der Waals surface area (Å²) in [4.78, 5) is 0. The first-order chi connectivity index (χ1) is 9.10. The van der Waals surface area contributed by atoms with Crippen molar-refractivity contribution >= 4 is 45.5 Å². The molecule has 1 nitrogen and oxygen atoms in total. The van der Waals surface area contributed by atoms with Gasteiger partial charge in [0.25, 0.3) is 0 Å². The third kappa shape index (κ3) is 4.15. The normalized spacial score (nSPS) is 12.6. The van der Waals surface area contributed by atoms with Crippen LogP contribution in [0.2, 0.25) is 5.02 Å². The molecule has 2 aromatic rings. The lowest BCUT2D eigenvalue weighted by Gasteiger charge is -2.17. The third-order valence-electron chi connectivity index (χ3n) is 2.88. The average molecular weight is 410 g/mol. The molecule has 0 aliphatic carbocycles. The molecule has 0 saturated carbocycles. The van der Waals surface area contributed by atoms with Crippen molar-refractivity contribution in [1.82, 2.24) is 5.32 Å². The summed E-state index contributed by atoms with van der Waals surface area (Å²) in [6.45, 7) is 2.96. The summed E-state index contributed by atoms with van der Waals surface area (Å²) < 4.78 is 14.3. The lowest BCUT2D eigenvalue weighted by molar-refractivity contribution is 0.550. The molecule has 0 saturated heterocycles. The SMILES string of the molecule is CCNC(Cc1ccc(F)cc1Cl)c1csc(I)c1. The number of likely N-dealkylation sites (N-methyl/N-ethyl adjacent to an activating group) is 1. The molecule has 102 valence electrons. The third-order valence-corrected chi connectivity index (χ3v) is 5.04. The van der Waals surface area contributed by atoms with Gasteiger partial charge < -0.3 is 5.32 Å². The largest absolute Gasteiger partial charge is 0.310 e. The highest BCUT2D eigenvalue weighted by atomic mass is 127. The molecule has 5 heteroatoms. The Balaban J connectivity index is 2.21. The Kier molecular flexibility index (Phi) is 5.62. The van der Waals surface area contributed by atoms with Crippen LogP contribution >= 0.6 is 45.5 Å². The first-order valence-corrected chi connectivity index (χ1v) is 8.35. The van der Waals surface area contributed by atoms with Gasteiger partial charge in [-0.3, -0.25) is 0 Å². The van der Waals surface area contributed by atoms with Gasteiger partial charge in [-0.2, -0.15) is 0 Å². The molecule has 0 fully saturated rings. The summed E-state index contributed by atoms with van der Waals surface area (Å²) in [5, 5.41) is 6.11. The van der Waals surface area contributed by atoms with Crippen molar-refractivity contribution in [2.45, 2.75) is 19.4 Å². The van der Waals surface area contributed by atoms with E-state index in [4.69, 9.17) is 11.6 Å². The Labute approximate surface area is 135 Å². The van der Waals surface area contributed by atoms with E-state index >= 15 is 0 Å². The van der Waals surface area contributed by atoms with Gasteiger partial charge in [0, 0.05) is 11.1 Å². The number of benzene rings is 1. The molecule has 1 aromatic carbocycles. The number of halogens is 3. The molecule has 1 unspecified atom stereocenters. The van der Waals surface area contributed by atoms with E-state index in [9.17, 15) is 4.39 Å². The zero-order valence-corrected chi connectivity index (χ0v) is 14.2. The molecule has 1 aromatic heterocycles. The van der Waals surface area contributed by atoms with Gasteiger partial charge in [-0.05, 0) is 70.3 Å². The lowest BCUT2D eigenvalue weighted by Crippen LogP contribution is -2.22. The van der Waals surface area contributed by atoms with Crippen molar-refractivity contribution in [3.05, 3.63) is 54.5 Å². The summed E-state index contributed by atoms with van der Waals surface area (Å²) in [7, 11) is 0. The van der Waals surface area contributed by atoms with Crippen LogP contribution in [0.3, 0.4) is 0 Å².